The molecule has 0 radical (unpaired) electrons. The standard InChI is InChI=1S/C31H50N2O9/c1-17(8-11-26(36)33-32)21-9-10-22-27-23(15-25(30(21,22)7)38-19(3)35)29(6)12-13-31(41-39-28(4,5)40-42-31)16-20(29)14-24(27)37-18(2)34/h17,20-25,27H,8-16,32H2,1-7H3,(H,33,36)/t17-,20-,21-,22+,23+,24-,25+,27+,29+,30-/m1/s1. The van der Waals surface area contributed by atoms with Gasteiger partial charge >= 0.3 is 11.9 Å². The number of rotatable bonds is 6. The molecule has 1 saturated heterocycles. The molecule has 4 aliphatic carbocycles. The van der Waals surface area contributed by atoms with Crippen LogP contribution in [-0.4, -0.2) is 41.6 Å². The molecule has 11 nitrogen and oxygen atoms in total. The predicted octanol–water partition coefficient (Wildman–Crippen LogP) is 4.48. The van der Waals surface area contributed by atoms with E-state index in [1.165, 1.54) is 13.8 Å². The normalized spacial score (nSPS) is 42.4. The maximum atomic E-state index is 12.5. The lowest BCUT2D eigenvalue weighted by atomic mass is 9.42. The molecule has 42 heavy (non-hydrogen) atoms. The molecule has 0 aromatic heterocycles. The van der Waals surface area contributed by atoms with Crippen molar-refractivity contribution in [2.75, 3.05) is 0 Å². The average molecular weight is 595 g/mol. The van der Waals surface area contributed by atoms with Crippen molar-refractivity contribution < 1.29 is 43.4 Å². The van der Waals surface area contributed by atoms with Gasteiger partial charge in [0, 0.05) is 44.4 Å². The highest BCUT2D eigenvalue weighted by molar-refractivity contribution is 5.75. The number of esters is 2. The molecule has 3 N–H and O–H groups in total. The van der Waals surface area contributed by atoms with Crippen LogP contribution in [0.4, 0.5) is 0 Å². The van der Waals surface area contributed by atoms with E-state index in [0.717, 1.165) is 19.3 Å². The van der Waals surface area contributed by atoms with Gasteiger partial charge < -0.3 is 9.47 Å². The molecule has 5 rings (SSSR count). The van der Waals surface area contributed by atoms with Gasteiger partial charge in [-0.05, 0) is 87.4 Å². The van der Waals surface area contributed by atoms with Crippen molar-refractivity contribution in [3.05, 3.63) is 0 Å². The van der Waals surface area contributed by atoms with Crippen LogP contribution in [0.25, 0.3) is 0 Å². The van der Waals surface area contributed by atoms with Crippen LogP contribution in [0.15, 0.2) is 0 Å². The minimum absolute atomic E-state index is 0.110. The SMILES string of the molecule is CC(=O)O[C@H]1C[C@H]2[C@@H]([C@H](OC(C)=O)C[C@@H]3CC4(CC[C@@]32C)OOC(C)(C)OO4)[C@@H]2CC[C@H]([C@H](C)CCC(=O)NN)[C@@]12C. The molecular formula is C31H50N2O9. The number of nitrogens with one attached hydrogen (secondary N) is 1. The largest absolute Gasteiger partial charge is 0.462 e. The number of carbonyl (C=O) groups is 3. The van der Waals surface area contributed by atoms with E-state index >= 15 is 0 Å². The fourth-order valence-electron chi connectivity index (χ4n) is 9.92. The lowest BCUT2D eigenvalue weighted by Gasteiger charge is -2.65. The Bertz CT molecular complexity index is 1060. The minimum atomic E-state index is -1.02. The van der Waals surface area contributed by atoms with Crippen LogP contribution in [0.1, 0.15) is 106 Å². The van der Waals surface area contributed by atoms with Gasteiger partial charge in [0.05, 0.1) is 0 Å². The van der Waals surface area contributed by atoms with E-state index in [4.69, 9.17) is 34.9 Å². The molecule has 0 bridgehead atoms. The van der Waals surface area contributed by atoms with Gasteiger partial charge in [-0.25, -0.2) is 5.84 Å². The molecular weight excluding hydrogens is 544 g/mol. The number of nitrogens with two attached hydrogens (primary N) is 1. The van der Waals surface area contributed by atoms with Crippen molar-refractivity contribution in [2.45, 2.75) is 130 Å². The quantitative estimate of drug-likeness (QED) is 0.148. The first-order valence-corrected chi connectivity index (χ1v) is 15.7. The summed E-state index contributed by atoms with van der Waals surface area (Å²) in [5.74, 6) is 3.66. The smallest absolute Gasteiger partial charge is 0.302 e. The molecule has 5 aliphatic rings. The second-order valence-electron chi connectivity index (χ2n) is 14.7. The van der Waals surface area contributed by atoms with Crippen molar-refractivity contribution in [2.24, 2.45) is 52.2 Å². The van der Waals surface area contributed by atoms with Gasteiger partial charge in [-0.1, -0.05) is 20.8 Å². The second kappa shape index (κ2) is 11.3. The van der Waals surface area contributed by atoms with Gasteiger partial charge in [0.1, 0.15) is 12.2 Å². The third kappa shape index (κ3) is 5.49. The van der Waals surface area contributed by atoms with Crippen LogP contribution in [0.2, 0.25) is 0 Å². The summed E-state index contributed by atoms with van der Waals surface area (Å²) in [6.07, 6.45) is 5.77. The van der Waals surface area contributed by atoms with E-state index in [0.29, 0.717) is 38.5 Å². The highest BCUT2D eigenvalue weighted by Crippen LogP contribution is 2.70. The predicted molar refractivity (Wildman–Crippen MR) is 149 cm³/mol. The molecule has 5 fully saturated rings. The van der Waals surface area contributed by atoms with Gasteiger partial charge in [-0.15, -0.1) is 0 Å². The van der Waals surface area contributed by atoms with Crippen LogP contribution < -0.4 is 11.3 Å². The molecule has 0 aromatic rings. The highest BCUT2D eigenvalue weighted by Gasteiger charge is 2.69. The monoisotopic (exact) mass is 594 g/mol. The summed E-state index contributed by atoms with van der Waals surface area (Å²) in [6, 6.07) is 0. The first-order valence-electron chi connectivity index (χ1n) is 15.7. The summed E-state index contributed by atoms with van der Waals surface area (Å²) >= 11 is 0. The zero-order chi connectivity index (χ0) is 30.7. The van der Waals surface area contributed by atoms with Crippen molar-refractivity contribution in [1.29, 1.82) is 0 Å². The average Bonchev–Trinajstić information content (AvgIpc) is 3.28. The highest BCUT2D eigenvalue weighted by atomic mass is 17.4. The van der Waals surface area contributed by atoms with E-state index < -0.39 is 11.6 Å². The number of hydrogen-bond acceptors (Lipinski definition) is 10. The summed E-state index contributed by atoms with van der Waals surface area (Å²) in [4.78, 5) is 59.8. The number of amides is 1. The van der Waals surface area contributed by atoms with Gasteiger partial charge in [0.15, 0.2) is 0 Å². The maximum Gasteiger partial charge on any atom is 0.302 e. The minimum Gasteiger partial charge on any atom is -0.462 e. The summed E-state index contributed by atoms with van der Waals surface area (Å²) < 4.78 is 12.4. The fraction of sp³-hybridized carbons (Fsp3) is 0.903. The third-order valence-electron chi connectivity index (χ3n) is 11.9. The van der Waals surface area contributed by atoms with Gasteiger partial charge in [-0.2, -0.15) is 19.6 Å². The zero-order valence-corrected chi connectivity index (χ0v) is 26.2. The number of ether oxygens (including phenoxy) is 2. The third-order valence-corrected chi connectivity index (χ3v) is 11.9. The molecule has 0 unspecified atom stereocenters. The van der Waals surface area contributed by atoms with E-state index in [1.54, 1.807) is 13.8 Å². The molecule has 11 heteroatoms. The lowest BCUT2D eigenvalue weighted by Crippen LogP contribution is -2.65. The van der Waals surface area contributed by atoms with Crippen molar-refractivity contribution in [3.8, 4) is 0 Å². The number of fused-ring (bicyclic) bond motifs is 5. The van der Waals surface area contributed by atoms with Gasteiger partial charge in [0.25, 0.3) is 0 Å². The molecule has 0 aromatic carbocycles. The van der Waals surface area contributed by atoms with Crippen LogP contribution in [0, 0.1) is 46.3 Å². The maximum absolute atomic E-state index is 12.5. The summed E-state index contributed by atoms with van der Waals surface area (Å²) in [6.45, 7) is 13.2. The van der Waals surface area contributed by atoms with Gasteiger partial charge in [-0.3, -0.25) is 19.8 Å². The Morgan fingerprint density at radius 1 is 0.929 bits per heavy atom. The fourth-order valence-corrected chi connectivity index (χ4v) is 9.92. The second-order valence-corrected chi connectivity index (χ2v) is 14.7. The molecule has 10 atom stereocenters. The summed E-state index contributed by atoms with van der Waals surface area (Å²) in [5, 5.41) is 0. The van der Waals surface area contributed by atoms with Crippen LogP contribution in [0.5, 0.6) is 0 Å². The number of hydrazine groups is 1. The zero-order valence-electron chi connectivity index (χ0n) is 26.2. The Hall–Kier alpha value is -1.79. The van der Waals surface area contributed by atoms with E-state index in [2.05, 4.69) is 26.2 Å². The Kier molecular flexibility index (Phi) is 8.50. The molecule has 1 aliphatic heterocycles. The molecule has 1 amide bonds. The molecule has 1 spiro atoms. The van der Waals surface area contributed by atoms with Crippen molar-refractivity contribution >= 4 is 17.8 Å². The van der Waals surface area contributed by atoms with E-state index in [9.17, 15) is 14.4 Å². The van der Waals surface area contributed by atoms with Crippen LogP contribution in [-0.2, 0) is 43.4 Å². The number of carbonyl (C=O) groups excluding carboxylic acids is 3. The summed E-state index contributed by atoms with van der Waals surface area (Å²) in [7, 11) is 0. The first-order chi connectivity index (χ1) is 19.6. The van der Waals surface area contributed by atoms with E-state index in [-0.39, 0.29) is 76.4 Å². The van der Waals surface area contributed by atoms with Crippen molar-refractivity contribution in [3.63, 3.8) is 0 Å². The Balaban J connectivity index is 1.47. The van der Waals surface area contributed by atoms with Crippen LogP contribution >= 0.6 is 0 Å². The van der Waals surface area contributed by atoms with Crippen molar-refractivity contribution in [1.82, 2.24) is 5.43 Å². The summed E-state index contributed by atoms with van der Waals surface area (Å²) in [5.41, 5.74) is 1.81. The molecule has 1 heterocycles. The lowest BCUT2D eigenvalue weighted by molar-refractivity contribution is -0.656. The number of hydrogen-bond donors (Lipinski definition) is 2. The Morgan fingerprint density at radius 2 is 1.60 bits per heavy atom. The van der Waals surface area contributed by atoms with Crippen LogP contribution in [0.3, 0.4) is 0 Å². The molecule has 238 valence electrons. The Labute approximate surface area is 249 Å². The van der Waals surface area contributed by atoms with Gasteiger partial charge in [0.2, 0.25) is 17.5 Å². The Morgan fingerprint density at radius 3 is 2.21 bits per heavy atom. The topological polar surface area (TPSA) is 145 Å². The molecule has 4 saturated carbocycles. The first kappa shape index (κ1) is 31.6. The van der Waals surface area contributed by atoms with E-state index in [1.807, 2.05) is 0 Å².